The average Bonchev–Trinajstić information content (AvgIpc) is 2.29. The molecule has 0 spiro atoms. The van der Waals surface area contributed by atoms with Crippen molar-refractivity contribution in [2.24, 2.45) is 0 Å². The molecule has 2 nitrogen and oxygen atoms in total. The fourth-order valence-corrected chi connectivity index (χ4v) is 1.46. The van der Waals surface area contributed by atoms with Crippen LogP contribution in [0.15, 0.2) is 36.7 Å². The summed E-state index contributed by atoms with van der Waals surface area (Å²) in [5.41, 5.74) is 0.637. The van der Waals surface area contributed by atoms with Gasteiger partial charge in [0.1, 0.15) is 11.6 Å². The Balaban J connectivity index is 2.67. The molecule has 0 N–H and O–H groups in total. The summed E-state index contributed by atoms with van der Waals surface area (Å²) in [4.78, 5) is 14.4. The standard InChI is InChI=1S/C12H7F2NO/c13-9-2-1-8(7-16)11(5-9)10-3-4-15-6-12(10)14/h1-7H. The topological polar surface area (TPSA) is 30.0 Å². The molecule has 0 amide bonds. The molecule has 4 heteroatoms. The number of hydrogen-bond acceptors (Lipinski definition) is 2. The smallest absolute Gasteiger partial charge is 0.150 e. The van der Waals surface area contributed by atoms with Crippen LogP contribution in [0.4, 0.5) is 8.78 Å². The van der Waals surface area contributed by atoms with Gasteiger partial charge in [-0.1, -0.05) is 0 Å². The minimum absolute atomic E-state index is 0.164. The van der Waals surface area contributed by atoms with Crippen molar-refractivity contribution in [2.45, 2.75) is 0 Å². The number of rotatable bonds is 2. The third kappa shape index (κ3) is 1.82. The van der Waals surface area contributed by atoms with Crippen molar-refractivity contribution in [2.75, 3.05) is 0 Å². The molecule has 0 unspecified atom stereocenters. The highest BCUT2D eigenvalue weighted by molar-refractivity contribution is 5.87. The van der Waals surface area contributed by atoms with Gasteiger partial charge in [0.25, 0.3) is 0 Å². The lowest BCUT2D eigenvalue weighted by atomic mass is 10.0. The number of carbonyl (C=O) groups is 1. The molecular formula is C12H7F2NO. The maximum Gasteiger partial charge on any atom is 0.150 e. The van der Waals surface area contributed by atoms with Crippen LogP contribution in [0, 0.1) is 11.6 Å². The minimum Gasteiger partial charge on any atom is -0.298 e. The molecule has 0 saturated carbocycles. The summed E-state index contributed by atoms with van der Waals surface area (Å²) in [5, 5.41) is 0. The molecule has 1 aromatic carbocycles. The van der Waals surface area contributed by atoms with Gasteiger partial charge in [0, 0.05) is 17.3 Å². The minimum atomic E-state index is -0.587. The molecule has 0 aliphatic carbocycles. The summed E-state index contributed by atoms with van der Waals surface area (Å²) >= 11 is 0. The summed E-state index contributed by atoms with van der Waals surface area (Å²) in [5.74, 6) is -1.10. The van der Waals surface area contributed by atoms with Crippen LogP contribution < -0.4 is 0 Å². The molecule has 16 heavy (non-hydrogen) atoms. The van der Waals surface area contributed by atoms with Crippen LogP contribution in [-0.4, -0.2) is 11.3 Å². The molecule has 80 valence electrons. The predicted molar refractivity (Wildman–Crippen MR) is 55.0 cm³/mol. The van der Waals surface area contributed by atoms with Crippen LogP contribution in [0.2, 0.25) is 0 Å². The van der Waals surface area contributed by atoms with Crippen LogP contribution in [0.25, 0.3) is 11.1 Å². The molecule has 0 aliphatic rings. The van der Waals surface area contributed by atoms with Gasteiger partial charge in [0.05, 0.1) is 6.20 Å². The van der Waals surface area contributed by atoms with Crippen LogP contribution in [0.3, 0.4) is 0 Å². The van der Waals surface area contributed by atoms with Gasteiger partial charge in [-0.2, -0.15) is 0 Å². The molecule has 0 aliphatic heterocycles. The maximum atomic E-state index is 13.4. The third-order valence-corrected chi connectivity index (χ3v) is 2.20. The first kappa shape index (κ1) is 10.4. The summed E-state index contributed by atoms with van der Waals surface area (Å²) in [7, 11) is 0. The second kappa shape index (κ2) is 4.18. The van der Waals surface area contributed by atoms with Crippen LogP contribution in [0.1, 0.15) is 10.4 Å². The van der Waals surface area contributed by atoms with Gasteiger partial charge in [-0.15, -0.1) is 0 Å². The van der Waals surface area contributed by atoms with Gasteiger partial charge in [-0.3, -0.25) is 9.78 Å². The Morgan fingerprint density at radius 2 is 1.94 bits per heavy atom. The number of aromatic nitrogens is 1. The van der Waals surface area contributed by atoms with Gasteiger partial charge >= 0.3 is 0 Å². The van der Waals surface area contributed by atoms with Crippen molar-refractivity contribution in [3.63, 3.8) is 0 Å². The zero-order chi connectivity index (χ0) is 11.5. The van der Waals surface area contributed by atoms with Crippen molar-refractivity contribution in [3.05, 3.63) is 53.9 Å². The fraction of sp³-hybridized carbons (Fsp3) is 0. The molecule has 1 heterocycles. The van der Waals surface area contributed by atoms with E-state index in [9.17, 15) is 13.6 Å². The molecule has 2 aromatic rings. The number of carbonyl (C=O) groups excluding carboxylic acids is 1. The molecule has 0 radical (unpaired) electrons. The van der Waals surface area contributed by atoms with E-state index in [1.54, 1.807) is 0 Å². The van der Waals surface area contributed by atoms with E-state index in [0.717, 1.165) is 18.3 Å². The lowest BCUT2D eigenvalue weighted by molar-refractivity contribution is 0.112. The molecule has 2 rings (SSSR count). The SMILES string of the molecule is O=Cc1ccc(F)cc1-c1ccncc1F. The van der Waals surface area contributed by atoms with Crippen molar-refractivity contribution >= 4 is 6.29 Å². The van der Waals surface area contributed by atoms with Crippen molar-refractivity contribution in [1.82, 2.24) is 4.98 Å². The number of nitrogens with zero attached hydrogens (tertiary/aromatic N) is 1. The first-order valence-corrected chi connectivity index (χ1v) is 4.57. The average molecular weight is 219 g/mol. The zero-order valence-electron chi connectivity index (χ0n) is 8.15. The Bertz CT molecular complexity index is 540. The van der Waals surface area contributed by atoms with Crippen molar-refractivity contribution in [1.29, 1.82) is 0 Å². The number of benzene rings is 1. The molecular weight excluding hydrogens is 212 g/mol. The largest absolute Gasteiger partial charge is 0.298 e. The van der Waals surface area contributed by atoms with Crippen LogP contribution in [-0.2, 0) is 0 Å². The molecule has 0 atom stereocenters. The Kier molecular flexibility index (Phi) is 2.72. The number of pyridine rings is 1. The highest BCUT2D eigenvalue weighted by Crippen LogP contribution is 2.25. The summed E-state index contributed by atoms with van der Waals surface area (Å²) in [6.07, 6.45) is 2.97. The van der Waals surface area contributed by atoms with Crippen LogP contribution in [0.5, 0.6) is 0 Å². The van der Waals surface area contributed by atoms with E-state index in [-0.39, 0.29) is 16.7 Å². The molecule has 1 aromatic heterocycles. The Morgan fingerprint density at radius 3 is 2.62 bits per heavy atom. The van der Waals surface area contributed by atoms with E-state index < -0.39 is 11.6 Å². The Labute approximate surface area is 90.6 Å². The summed E-state index contributed by atoms with van der Waals surface area (Å²) < 4.78 is 26.5. The van der Waals surface area contributed by atoms with Crippen molar-refractivity contribution < 1.29 is 13.6 Å². The molecule has 0 fully saturated rings. The highest BCUT2D eigenvalue weighted by Gasteiger charge is 2.10. The van der Waals surface area contributed by atoms with E-state index in [0.29, 0.717) is 6.29 Å². The summed E-state index contributed by atoms with van der Waals surface area (Å²) in [6, 6.07) is 5.00. The van der Waals surface area contributed by atoms with Crippen LogP contribution >= 0.6 is 0 Å². The van der Waals surface area contributed by atoms with Gasteiger partial charge in [0.2, 0.25) is 0 Å². The first-order chi connectivity index (χ1) is 7.72. The second-order valence-corrected chi connectivity index (χ2v) is 3.20. The second-order valence-electron chi connectivity index (χ2n) is 3.20. The van der Waals surface area contributed by atoms with Gasteiger partial charge in [-0.05, 0) is 29.8 Å². The van der Waals surface area contributed by atoms with Gasteiger partial charge in [0.15, 0.2) is 6.29 Å². The fourth-order valence-electron chi connectivity index (χ4n) is 1.46. The zero-order valence-corrected chi connectivity index (χ0v) is 8.15. The lowest BCUT2D eigenvalue weighted by Gasteiger charge is -2.05. The monoisotopic (exact) mass is 219 g/mol. The lowest BCUT2D eigenvalue weighted by Crippen LogP contribution is -1.92. The number of hydrogen-bond donors (Lipinski definition) is 0. The first-order valence-electron chi connectivity index (χ1n) is 4.57. The Morgan fingerprint density at radius 1 is 1.12 bits per heavy atom. The van der Waals surface area contributed by atoms with Gasteiger partial charge in [-0.25, -0.2) is 8.78 Å². The number of halogens is 2. The van der Waals surface area contributed by atoms with E-state index in [4.69, 9.17) is 0 Å². The van der Waals surface area contributed by atoms with E-state index in [1.807, 2.05) is 0 Å². The molecule has 0 saturated heterocycles. The third-order valence-electron chi connectivity index (χ3n) is 2.20. The summed E-state index contributed by atoms with van der Waals surface area (Å²) in [6.45, 7) is 0. The number of aldehydes is 1. The van der Waals surface area contributed by atoms with E-state index >= 15 is 0 Å². The highest BCUT2D eigenvalue weighted by atomic mass is 19.1. The van der Waals surface area contributed by atoms with E-state index in [2.05, 4.69) is 4.98 Å². The van der Waals surface area contributed by atoms with Gasteiger partial charge < -0.3 is 0 Å². The predicted octanol–water partition coefficient (Wildman–Crippen LogP) is 2.84. The Hall–Kier alpha value is -2.10. The quantitative estimate of drug-likeness (QED) is 0.727. The normalized spacial score (nSPS) is 10.1. The molecule has 0 bridgehead atoms. The van der Waals surface area contributed by atoms with E-state index in [1.165, 1.54) is 18.3 Å². The van der Waals surface area contributed by atoms with Crippen molar-refractivity contribution in [3.8, 4) is 11.1 Å². The maximum absolute atomic E-state index is 13.4.